The average Bonchev–Trinajstić information content (AvgIpc) is 3.47. The standard InChI is InChI=1S/C40H51NO5/c1-28(12-14-35-30(3)11-7-19-40(35,4)5)9-6-10-29(2)25-34(42)26-31-16-21-41(22-17-31)20-8-23-44-39-37-33(18-24-45-37)27-32-13-15-36(43)46-38(32)39/h6,9-10,12,14,18,24-25,27,31H,7-8,11,13,15-17,19-23,26H2,1-5H3. The van der Waals surface area contributed by atoms with Crippen LogP contribution in [0.15, 0.2) is 81.6 Å². The zero-order valence-electron chi connectivity index (χ0n) is 28.5. The fraction of sp³-hybridized carbons (Fsp3) is 0.500. The van der Waals surface area contributed by atoms with E-state index in [2.05, 4.69) is 50.8 Å². The summed E-state index contributed by atoms with van der Waals surface area (Å²) in [5.74, 6) is 1.46. The molecule has 1 aliphatic carbocycles. The lowest BCUT2D eigenvalue weighted by Crippen LogP contribution is -2.35. The molecule has 3 aliphatic rings. The van der Waals surface area contributed by atoms with Crippen molar-refractivity contribution in [2.75, 3.05) is 26.2 Å². The molecule has 0 bridgehead atoms. The summed E-state index contributed by atoms with van der Waals surface area (Å²) in [6, 6.07) is 3.93. The monoisotopic (exact) mass is 625 g/mol. The molecule has 2 aromatic rings. The van der Waals surface area contributed by atoms with Gasteiger partial charge < -0.3 is 18.8 Å². The third-order valence-corrected chi connectivity index (χ3v) is 9.77. The number of fused-ring (bicyclic) bond motifs is 2. The lowest BCUT2D eigenvalue weighted by molar-refractivity contribution is -0.135. The molecule has 1 fully saturated rings. The zero-order valence-corrected chi connectivity index (χ0v) is 28.5. The van der Waals surface area contributed by atoms with Crippen molar-refractivity contribution in [2.45, 2.75) is 92.4 Å². The number of piperidine rings is 1. The van der Waals surface area contributed by atoms with Crippen LogP contribution in [0, 0.1) is 11.3 Å². The number of hydrogen-bond acceptors (Lipinski definition) is 6. The second-order valence-electron chi connectivity index (χ2n) is 14.1. The second kappa shape index (κ2) is 15.3. The SMILES string of the molecule is CC(C=CC1=C(C)CCCC1(C)C)=CC=CC(C)=CC(=O)CC1CCN(CCCOc2c3c(cc4ccoc24)CCC(=O)O3)CC1. The van der Waals surface area contributed by atoms with E-state index < -0.39 is 0 Å². The van der Waals surface area contributed by atoms with Crippen LogP contribution in [0.5, 0.6) is 11.5 Å². The Labute approximate surface area is 274 Å². The maximum atomic E-state index is 12.8. The van der Waals surface area contributed by atoms with Crippen LogP contribution in [0.1, 0.15) is 91.5 Å². The van der Waals surface area contributed by atoms with Crippen molar-refractivity contribution in [3.8, 4) is 11.5 Å². The highest BCUT2D eigenvalue weighted by Gasteiger charge is 2.27. The van der Waals surface area contributed by atoms with E-state index in [0.717, 1.165) is 55.4 Å². The molecule has 0 unspecified atom stereocenters. The van der Waals surface area contributed by atoms with E-state index in [-0.39, 0.29) is 17.2 Å². The molecular weight excluding hydrogens is 574 g/mol. The molecule has 0 atom stereocenters. The molecule has 6 heteroatoms. The van der Waals surface area contributed by atoms with Crippen LogP contribution in [0.25, 0.3) is 11.0 Å². The van der Waals surface area contributed by atoms with E-state index in [1.807, 2.05) is 31.2 Å². The third kappa shape index (κ3) is 8.79. The van der Waals surface area contributed by atoms with Crippen molar-refractivity contribution >= 4 is 22.7 Å². The van der Waals surface area contributed by atoms with Gasteiger partial charge in [0, 0.05) is 23.9 Å². The molecule has 0 radical (unpaired) electrons. The number of hydrogen-bond donors (Lipinski definition) is 0. The normalized spacial score (nSPS) is 20.2. The number of rotatable bonds is 12. The maximum absolute atomic E-state index is 12.8. The third-order valence-electron chi connectivity index (χ3n) is 9.77. The van der Waals surface area contributed by atoms with E-state index in [1.165, 1.54) is 36.0 Å². The molecule has 1 aromatic heterocycles. The van der Waals surface area contributed by atoms with E-state index in [9.17, 15) is 9.59 Å². The Hall–Kier alpha value is -3.64. The summed E-state index contributed by atoms with van der Waals surface area (Å²) >= 11 is 0. The number of likely N-dealkylation sites (tertiary alicyclic amines) is 1. The lowest BCUT2D eigenvalue weighted by Gasteiger charge is -2.32. The van der Waals surface area contributed by atoms with Crippen molar-refractivity contribution < 1.29 is 23.5 Å². The Morgan fingerprint density at radius 2 is 1.91 bits per heavy atom. The highest BCUT2D eigenvalue weighted by Crippen LogP contribution is 2.43. The number of furan rings is 1. The van der Waals surface area contributed by atoms with Gasteiger partial charge in [0.25, 0.3) is 0 Å². The van der Waals surface area contributed by atoms with Crippen molar-refractivity contribution in [1.82, 2.24) is 4.90 Å². The summed E-state index contributed by atoms with van der Waals surface area (Å²) in [4.78, 5) is 27.2. The van der Waals surface area contributed by atoms with Crippen LogP contribution >= 0.6 is 0 Å². The number of esters is 1. The van der Waals surface area contributed by atoms with Gasteiger partial charge >= 0.3 is 5.97 Å². The summed E-state index contributed by atoms with van der Waals surface area (Å²) in [7, 11) is 0. The number of allylic oxidation sites excluding steroid dienone is 10. The largest absolute Gasteiger partial charge is 0.486 e. The first-order valence-electron chi connectivity index (χ1n) is 17.1. The van der Waals surface area contributed by atoms with Gasteiger partial charge in [-0.2, -0.15) is 0 Å². The molecule has 5 rings (SSSR count). The maximum Gasteiger partial charge on any atom is 0.311 e. The van der Waals surface area contributed by atoms with Gasteiger partial charge in [0.2, 0.25) is 5.75 Å². The van der Waals surface area contributed by atoms with Crippen LogP contribution in [-0.4, -0.2) is 42.9 Å². The fourth-order valence-electron chi connectivity index (χ4n) is 7.10. The van der Waals surface area contributed by atoms with Crippen molar-refractivity contribution in [3.63, 3.8) is 0 Å². The van der Waals surface area contributed by atoms with Gasteiger partial charge in [-0.05, 0) is 119 Å². The van der Waals surface area contributed by atoms with Gasteiger partial charge in [0.05, 0.1) is 19.3 Å². The molecule has 3 heterocycles. The summed E-state index contributed by atoms with van der Waals surface area (Å²) in [6.45, 7) is 14.5. The molecule has 6 nitrogen and oxygen atoms in total. The Morgan fingerprint density at radius 1 is 1.11 bits per heavy atom. The number of carbonyl (C=O) groups excluding carboxylic acids is 2. The Bertz CT molecular complexity index is 1570. The molecule has 1 saturated heterocycles. The van der Waals surface area contributed by atoms with Gasteiger partial charge in [-0.3, -0.25) is 9.59 Å². The number of aryl methyl sites for hydroxylation is 1. The number of nitrogens with zero attached hydrogens (tertiary/aromatic N) is 1. The predicted molar refractivity (Wildman–Crippen MR) is 185 cm³/mol. The smallest absolute Gasteiger partial charge is 0.311 e. The number of ether oxygens (including phenoxy) is 2. The van der Waals surface area contributed by atoms with Crippen molar-refractivity contribution in [3.05, 3.63) is 82.7 Å². The highest BCUT2D eigenvalue weighted by molar-refractivity contribution is 5.91. The van der Waals surface area contributed by atoms with Crippen LogP contribution in [-0.2, 0) is 16.0 Å². The Kier molecular flexibility index (Phi) is 11.2. The molecule has 0 saturated carbocycles. The van der Waals surface area contributed by atoms with Crippen LogP contribution < -0.4 is 9.47 Å². The minimum absolute atomic E-state index is 0.215. The molecule has 0 spiro atoms. The van der Waals surface area contributed by atoms with E-state index >= 15 is 0 Å². The van der Waals surface area contributed by atoms with Gasteiger partial charge in [0.1, 0.15) is 0 Å². The van der Waals surface area contributed by atoms with Crippen LogP contribution in [0.3, 0.4) is 0 Å². The molecule has 0 N–H and O–H groups in total. The quantitative estimate of drug-likeness (QED) is 0.0770. The molecule has 246 valence electrons. The minimum Gasteiger partial charge on any atom is -0.486 e. The molecule has 2 aliphatic heterocycles. The number of carbonyl (C=O) groups is 2. The first-order chi connectivity index (χ1) is 22.1. The Balaban J connectivity index is 1.02. The average molecular weight is 626 g/mol. The van der Waals surface area contributed by atoms with Crippen molar-refractivity contribution in [1.29, 1.82) is 0 Å². The lowest BCUT2D eigenvalue weighted by atomic mass is 9.72. The van der Waals surface area contributed by atoms with E-state index in [0.29, 0.717) is 48.9 Å². The highest BCUT2D eigenvalue weighted by atomic mass is 16.6. The molecule has 1 aromatic carbocycles. The van der Waals surface area contributed by atoms with E-state index in [1.54, 1.807) is 12.3 Å². The van der Waals surface area contributed by atoms with Crippen molar-refractivity contribution in [2.24, 2.45) is 11.3 Å². The summed E-state index contributed by atoms with van der Waals surface area (Å²) in [5.41, 5.74) is 7.05. The van der Waals surface area contributed by atoms with E-state index in [4.69, 9.17) is 13.9 Å². The first kappa shape index (κ1) is 33.7. The number of ketones is 1. The second-order valence-corrected chi connectivity index (χ2v) is 14.1. The first-order valence-corrected chi connectivity index (χ1v) is 17.1. The van der Waals surface area contributed by atoms with Gasteiger partial charge in [-0.25, -0.2) is 0 Å². The van der Waals surface area contributed by atoms with Gasteiger partial charge in [-0.1, -0.05) is 55.4 Å². The molecule has 0 amide bonds. The summed E-state index contributed by atoms with van der Waals surface area (Å²) < 4.78 is 17.4. The number of benzene rings is 1. The fourth-order valence-corrected chi connectivity index (χ4v) is 7.10. The Morgan fingerprint density at radius 3 is 2.70 bits per heavy atom. The van der Waals surface area contributed by atoms with Gasteiger partial charge in [0.15, 0.2) is 17.1 Å². The van der Waals surface area contributed by atoms with Crippen LogP contribution in [0.4, 0.5) is 0 Å². The van der Waals surface area contributed by atoms with Gasteiger partial charge in [-0.15, -0.1) is 0 Å². The zero-order chi connectivity index (χ0) is 32.7. The summed E-state index contributed by atoms with van der Waals surface area (Å²) in [6.07, 6.45) is 22.4. The predicted octanol–water partition coefficient (Wildman–Crippen LogP) is 9.26. The molecular formula is C40H51NO5. The minimum atomic E-state index is -0.232. The summed E-state index contributed by atoms with van der Waals surface area (Å²) in [5, 5.41) is 0.964. The van der Waals surface area contributed by atoms with Crippen LogP contribution in [0.2, 0.25) is 0 Å². The molecule has 46 heavy (non-hydrogen) atoms. The topological polar surface area (TPSA) is 69.0 Å².